The zero-order valence-electron chi connectivity index (χ0n) is 7.78. The first-order valence-corrected chi connectivity index (χ1v) is 4.18. The molecule has 0 aromatic carbocycles. The van der Waals surface area contributed by atoms with Crippen LogP contribution >= 0.6 is 0 Å². The summed E-state index contributed by atoms with van der Waals surface area (Å²) < 4.78 is 0. The molecule has 0 bridgehead atoms. The van der Waals surface area contributed by atoms with Crippen LogP contribution < -0.4 is 0 Å². The van der Waals surface area contributed by atoms with Crippen LogP contribution in [0.3, 0.4) is 0 Å². The van der Waals surface area contributed by atoms with Crippen molar-refractivity contribution in [1.82, 2.24) is 9.97 Å². The van der Waals surface area contributed by atoms with Gasteiger partial charge in [-0.15, -0.1) is 0 Å². The fourth-order valence-corrected chi connectivity index (χ4v) is 0.925. The minimum absolute atomic E-state index is 0.407. The Hall–Kier alpha value is -1.18. The molecule has 0 fully saturated rings. The van der Waals surface area contributed by atoms with E-state index in [0.717, 1.165) is 11.4 Å². The summed E-state index contributed by atoms with van der Waals surface area (Å²) >= 11 is 0. The van der Waals surface area contributed by atoms with Crippen LogP contribution in [-0.2, 0) is 0 Å². The van der Waals surface area contributed by atoms with E-state index in [1.165, 1.54) is 0 Å². The smallest absolute Gasteiger partial charge is 0.130 e. The van der Waals surface area contributed by atoms with Crippen LogP contribution in [-0.4, -0.2) is 9.97 Å². The van der Waals surface area contributed by atoms with Gasteiger partial charge in [0.2, 0.25) is 0 Å². The van der Waals surface area contributed by atoms with Crippen LogP contribution in [0.25, 0.3) is 6.08 Å². The van der Waals surface area contributed by atoms with Crippen LogP contribution in [0.1, 0.15) is 38.1 Å². The highest BCUT2D eigenvalue weighted by Gasteiger charge is 1.99. The second-order valence-electron chi connectivity index (χ2n) is 3.03. The Morgan fingerprint density at radius 3 is 2.25 bits per heavy atom. The van der Waals surface area contributed by atoms with Crippen molar-refractivity contribution in [3.05, 3.63) is 29.9 Å². The van der Waals surface area contributed by atoms with Crippen molar-refractivity contribution >= 4 is 6.08 Å². The molecule has 0 N–H and O–H groups in total. The highest BCUT2D eigenvalue weighted by atomic mass is 14.9. The standard InChI is InChI=1S/C10H14N2/c1-4-5-9-6-11-10(8(2)3)12-7-9/h4-8H,1-3H3/b5-4+. The van der Waals surface area contributed by atoms with Gasteiger partial charge in [-0.25, -0.2) is 9.97 Å². The minimum Gasteiger partial charge on any atom is -0.240 e. The maximum Gasteiger partial charge on any atom is 0.130 e. The Kier molecular flexibility index (Phi) is 2.97. The lowest BCUT2D eigenvalue weighted by atomic mass is 10.2. The van der Waals surface area contributed by atoms with Crippen molar-refractivity contribution in [3.8, 4) is 0 Å². The SMILES string of the molecule is C/C=C/c1cnc(C(C)C)nc1. The lowest BCUT2D eigenvalue weighted by molar-refractivity contribution is 0.773. The molecule has 0 aliphatic heterocycles. The summed E-state index contributed by atoms with van der Waals surface area (Å²) in [6.45, 7) is 6.16. The number of allylic oxidation sites excluding steroid dienone is 1. The molecule has 1 aromatic rings. The monoisotopic (exact) mass is 162 g/mol. The Labute approximate surface area is 73.4 Å². The maximum absolute atomic E-state index is 4.23. The van der Waals surface area contributed by atoms with Gasteiger partial charge in [0.15, 0.2) is 0 Å². The van der Waals surface area contributed by atoms with Crippen LogP contribution in [0.5, 0.6) is 0 Å². The molecule has 1 rings (SSSR count). The van der Waals surface area contributed by atoms with Crippen LogP contribution in [0.4, 0.5) is 0 Å². The van der Waals surface area contributed by atoms with E-state index in [2.05, 4.69) is 23.8 Å². The third kappa shape index (κ3) is 2.16. The van der Waals surface area contributed by atoms with Crippen molar-refractivity contribution in [2.24, 2.45) is 0 Å². The summed E-state index contributed by atoms with van der Waals surface area (Å²) in [4.78, 5) is 8.47. The van der Waals surface area contributed by atoms with Crippen molar-refractivity contribution in [2.45, 2.75) is 26.7 Å². The highest BCUT2D eigenvalue weighted by molar-refractivity contribution is 5.45. The molecule has 0 radical (unpaired) electrons. The lowest BCUT2D eigenvalue weighted by Crippen LogP contribution is -1.96. The third-order valence-electron chi connectivity index (χ3n) is 1.57. The molecule has 64 valence electrons. The van der Waals surface area contributed by atoms with E-state index in [4.69, 9.17) is 0 Å². The second kappa shape index (κ2) is 4.00. The van der Waals surface area contributed by atoms with E-state index in [9.17, 15) is 0 Å². The molecule has 0 saturated carbocycles. The van der Waals surface area contributed by atoms with Crippen LogP contribution in [0.15, 0.2) is 18.5 Å². The summed E-state index contributed by atoms with van der Waals surface area (Å²) in [7, 11) is 0. The summed E-state index contributed by atoms with van der Waals surface area (Å²) in [5.41, 5.74) is 1.06. The van der Waals surface area contributed by atoms with E-state index in [-0.39, 0.29) is 0 Å². The predicted octanol–water partition coefficient (Wildman–Crippen LogP) is 2.63. The zero-order valence-corrected chi connectivity index (χ0v) is 7.78. The molecule has 12 heavy (non-hydrogen) atoms. The number of nitrogens with zero attached hydrogens (tertiary/aromatic N) is 2. The molecule has 0 spiro atoms. The Bertz CT molecular complexity index is 260. The first-order valence-electron chi connectivity index (χ1n) is 4.18. The molecule has 1 aromatic heterocycles. The molecular formula is C10H14N2. The van der Waals surface area contributed by atoms with Gasteiger partial charge in [0.1, 0.15) is 5.82 Å². The molecule has 2 nitrogen and oxygen atoms in total. The van der Waals surface area contributed by atoms with E-state index in [1.54, 1.807) is 0 Å². The van der Waals surface area contributed by atoms with Gasteiger partial charge in [-0.3, -0.25) is 0 Å². The van der Waals surface area contributed by atoms with Crippen molar-refractivity contribution in [3.63, 3.8) is 0 Å². The van der Waals surface area contributed by atoms with E-state index in [1.807, 2.05) is 31.5 Å². The number of rotatable bonds is 2. The number of hydrogen-bond acceptors (Lipinski definition) is 2. The van der Waals surface area contributed by atoms with E-state index >= 15 is 0 Å². The van der Waals surface area contributed by atoms with Gasteiger partial charge in [0.25, 0.3) is 0 Å². The fraction of sp³-hybridized carbons (Fsp3) is 0.400. The molecule has 2 heteroatoms. The number of hydrogen-bond donors (Lipinski definition) is 0. The topological polar surface area (TPSA) is 25.8 Å². The second-order valence-corrected chi connectivity index (χ2v) is 3.03. The lowest BCUT2D eigenvalue weighted by Gasteiger charge is -2.01. The van der Waals surface area contributed by atoms with Crippen molar-refractivity contribution in [1.29, 1.82) is 0 Å². The minimum atomic E-state index is 0.407. The van der Waals surface area contributed by atoms with Gasteiger partial charge in [0, 0.05) is 23.9 Å². The first kappa shape index (κ1) is 8.91. The van der Waals surface area contributed by atoms with E-state index in [0.29, 0.717) is 5.92 Å². The van der Waals surface area contributed by atoms with E-state index < -0.39 is 0 Å². The molecule has 0 aliphatic rings. The van der Waals surface area contributed by atoms with Crippen LogP contribution in [0, 0.1) is 0 Å². The van der Waals surface area contributed by atoms with Crippen LogP contribution in [0.2, 0.25) is 0 Å². The largest absolute Gasteiger partial charge is 0.240 e. The molecular weight excluding hydrogens is 148 g/mol. The normalized spacial score (nSPS) is 11.3. The molecule has 0 aliphatic carbocycles. The molecule has 0 unspecified atom stereocenters. The number of aromatic nitrogens is 2. The Morgan fingerprint density at radius 1 is 1.25 bits per heavy atom. The molecule has 0 amide bonds. The Morgan fingerprint density at radius 2 is 1.83 bits per heavy atom. The van der Waals surface area contributed by atoms with Gasteiger partial charge >= 0.3 is 0 Å². The predicted molar refractivity (Wildman–Crippen MR) is 50.8 cm³/mol. The first-order chi connectivity index (χ1) is 5.74. The summed E-state index contributed by atoms with van der Waals surface area (Å²) in [6.07, 6.45) is 7.67. The summed E-state index contributed by atoms with van der Waals surface area (Å²) in [5, 5.41) is 0. The fourth-order valence-electron chi connectivity index (χ4n) is 0.925. The molecule has 0 atom stereocenters. The third-order valence-corrected chi connectivity index (χ3v) is 1.57. The van der Waals surface area contributed by atoms with Gasteiger partial charge in [-0.1, -0.05) is 26.0 Å². The van der Waals surface area contributed by atoms with Gasteiger partial charge < -0.3 is 0 Å². The van der Waals surface area contributed by atoms with Gasteiger partial charge in [-0.05, 0) is 6.92 Å². The quantitative estimate of drug-likeness (QED) is 0.668. The summed E-state index contributed by atoms with van der Waals surface area (Å²) in [5.74, 6) is 1.31. The van der Waals surface area contributed by atoms with Gasteiger partial charge in [0.05, 0.1) is 0 Å². The van der Waals surface area contributed by atoms with Gasteiger partial charge in [-0.2, -0.15) is 0 Å². The van der Waals surface area contributed by atoms with Crippen molar-refractivity contribution < 1.29 is 0 Å². The van der Waals surface area contributed by atoms with Crippen molar-refractivity contribution in [2.75, 3.05) is 0 Å². The molecule has 1 heterocycles. The Balaban J connectivity index is 2.85. The average molecular weight is 162 g/mol. The average Bonchev–Trinajstić information content (AvgIpc) is 2.06. The zero-order chi connectivity index (χ0) is 8.97. The molecule has 0 saturated heterocycles. The maximum atomic E-state index is 4.23. The highest BCUT2D eigenvalue weighted by Crippen LogP contribution is 2.08. The summed E-state index contributed by atoms with van der Waals surface area (Å²) in [6, 6.07) is 0.